The van der Waals surface area contributed by atoms with Gasteiger partial charge in [-0.15, -0.1) is 0 Å². The number of imidazole rings is 1. The summed E-state index contributed by atoms with van der Waals surface area (Å²) < 4.78 is 2.05. The Labute approximate surface area is 147 Å². The summed E-state index contributed by atoms with van der Waals surface area (Å²) in [6.07, 6.45) is 10.3. The van der Waals surface area contributed by atoms with E-state index in [9.17, 15) is 0 Å². The van der Waals surface area contributed by atoms with E-state index in [4.69, 9.17) is 5.73 Å². The first-order valence-corrected chi connectivity index (χ1v) is 8.62. The van der Waals surface area contributed by atoms with Crippen LogP contribution in [-0.4, -0.2) is 38.7 Å². The minimum absolute atomic E-state index is 0.197. The smallest absolute Gasteiger partial charge is 0.163 e. The second kappa shape index (κ2) is 6.64. The van der Waals surface area contributed by atoms with Crippen LogP contribution in [0.4, 0.5) is 5.69 Å². The molecule has 2 atom stereocenters. The lowest BCUT2D eigenvalue weighted by molar-refractivity contribution is 0.401. The van der Waals surface area contributed by atoms with Gasteiger partial charge in [-0.05, 0) is 30.5 Å². The molecule has 1 fully saturated rings. The van der Waals surface area contributed by atoms with Gasteiger partial charge < -0.3 is 10.6 Å². The average molecular weight is 334 g/mol. The number of hydrogen-bond donors (Lipinski definition) is 1. The maximum absolute atomic E-state index is 6.26. The van der Waals surface area contributed by atoms with Gasteiger partial charge in [0, 0.05) is 43.9 Å². The molecule has 0 saturated carbocycles. The fourth-order valence-corrected chi connectivity index (χ4v) is 3.61. The van der Waals surface area contributed by atoms with Gasteiger partial charge in [0.05, 0.1) is 17.6 Å². The van der Waals surface area contributed by atoms with Gasteiger partial charge in [-0.3, -0.25) is 14.5 Å². The largest absolute Gasteiger partial charge is 0.368 e. The molecule has 4 rings (SSSR count). The highest BCUT2D eigenvalue weighted by molar-refractivity contribution is 5.65. The summed E-state index contributed by atoms with van der Waals surface area (Å²) in [5.41, 5.74) is 9.23. The van der Waals surface area contributed by atoms with Crippen molar-refractivity contribution in [1.29, 1.82) is 0 Å². The number of pyridine rings is 2. The Morgan fingerprint density at radius 1 is 1.04 bits per heavy atom. The van der Waals surface area contributed by atoms with Crippen LogP contribution in [0.5, 0.6) is 0 Å². The molecule has 0 bridgehead atoms. The minimum Gasteiger partial charge on any atom is -0.368 e. The molecule has 0 aromatic carbocycles. The van der Waals surface area contributed by atoms with Crippen LogP contribution in [0, 0.1) is 5.92 Å². The monoisotopic (exact) mass is 334 g/mol. The molecule has 0 unspecified atom stereocenters. The maximum Gasteiger partial charge on any atom is 0.163 e. The third-order valence-electron chi connectivity index (χ3n) is 4.60. The third kappa shape index (κ3) is 3.13. The second-order valence-electron chi connectivity index (χ2n) is 6.71. The highest BCUT2D eigenvalue weighted by Crippen LogP contribution is 2.30. The molecule has 0 radical (unpaired) electrons. The maximum atomic E-state index is 6.26. The van der Waals surface area contributed by atoms with Gasteiger partial charge in [0.1, 0.15) is 5.69 Å². The summed E-state index contributed by atoms with van der Waals surface area (Å²) in [6.45, 7) is 4.11. The van der Waals surface area contributed by atoms with Crippen molar-refractivity contribution in [3.63, 3.8) is 0 Å². The zero-order valence-electron chi connectivity index (χ0n) is 14.3. The lowest BCUT2D eigenvalue weighted by Crippen LogP contribution is -2.46. The van der Waals surface area contributed by atoms with E-state index in [0.717, 1.165) is 42.4 Å². The van der Waals surface area contributed by atoms with E-state index in [1.54, 1.807) is 12.4 Å². The highest BCUT2D eigenvalue weighted by Gasteiger charge is 2.25. The van der Waals surface area contributed by atoms with Crippen molar-refractivity contribution in [3.05, 3.63) is 55.2 Å². The molecule has 1 aliphatic rings. The summed E-state index contributed by atoms with van der Waals surface area (Å²) in [6, 6.07) is 8.10. The fraction of sp³-hybridized carbons (Fsp3) is 0.316. The van der Waals surface area contributed by atoms with Gasteiger partial charge in [-0.2, -0.15) is 0 Å². The van der Waals surface area contributed by atoms with Crippen molar-refractivity contribution in [2.45, 2.75) is 19.4 Å². The Hall–Kier alpha value is -2.73. The topological polar surface area (TPSA) is 72.9 Å². The normalized spacial score (nSPS) is 20.6. The Bertz CT molecular complexity index is 834. The van der Waals surface area contributed by atoms with Gasteiger partial charge in [-0.1, -0.05) is 13.0 Å². The number of piperidine rings is 1. The van der Waals surface area contributed by atoms with Gasteiger partial charge in [0.2, 0.25) is 0 Å². The van der Waals surface area contributed by atoms with Crippen LogP contribution in [0.1, 0.15) is 13.3 Å². The molecule has 2 N–H and O–H groups in total. The van der Waals surface area contributed by atoms with Crippen LogP contribution in [-0.2, 0) is 0 Å². The molecule has 3 aromatic rings. The van der Waals surface area contributed by atoms with Gasteiger partial charge in [0.25, 0.3) is 0 Å². The molecular formula is C19H22N6. The van der Waals surface area contributed by atoms with Crippen molar-refractivity contribution < 1.29 is 0 Å². The number of rotatable bonds is 3. The molecule has 6 heteroatoms. The van der Waals surface area contributed by atoms with Crippen LogP contribution in [0.3, 0.4) is 0 Å². The summed E-state index contributed by atoms with van der Waals surface area (Å²) in [5.74, 6) is 1.38. The number of aromatic nitrogens is 4. The van der Waals surface area contributed by atoms with Crippen molar-refractivity contribution >= 4 is 5.69 Å². The average Bonchev–Trinajstić information content (AvgIpc) is 3.11. The first-order chi connectivity index (χ1) is 12.2. The van der Waals surface area contributed by atoms with Crippen LogP contribution in [0.2, 0.25) is 0 Å². The molecule has 128 valence electrons. The predicted octanol–water partition coefficient (Wildman–Crippen LogP) is 2.50. The number of nitrogens with two attached hydrogens (primary N) is 1. The van der Waals surface area contributed by atoms with Crippen molar-refractivity contribution in [2.24, 2.45) is 11.7 Å². The Morgan fingerprint density at radius 2 is 1.96 bits per heavy atom. The third-order valence-corrected chi connectivity index (χ3v) is 4.60. The summed E-state index contributed by atoms with van der Waals surface area (Å²) >= 11 is 0. The molecule has 0 aliphatic carbocycles. The van der Waals surface area contributed by atoms with E-state index in [0.29, 0.717) is 5.92 Å². The van der Waals surface area contributed by atoms with Crippen LogP contribution < -0.4 is 10.6 Å². The lowest BCUT2D eigenvalue weighted by atomic mass is 9.96. The number of nitrogens with zero attached hydrogens (tertiary/aromatic N) is 5. The van der Waals surface area contributed by atoms with E-state index in [-0.39, 0.29) is 6.04 Å². The van der Waals surface area contributed by atoms with E-state index in [1.165, 1.54) is 0 Å². The molecule has 0 amide bonds. The van der Waals surface area contributed by atoms with E-state index in [1.807, 2.05) is 36.8 Å². The standard InChI is InChI=1S/C19H22N6/c1-14-10-15(20)13-24(12-14)17-5-7-21-11-18(17)25-9-8-23-19(25)16-4-2-3-6-22-16/h2-9,11,14-15H,10,12-13,20H2,1H3/t14-,15+/m0/s1. The molecule has 1 aliphatic heterocycles. The van der Waals surface area contributed by atoms with Crippen LogP contribution in [0.15, 0.2) is 55.2 Å². The summed E-state index contributed by atoms with van der Waals surface area (Å²) in [4.78, 5) is 15.6. The van der Waals surface area contributed by atoms with Gasteiger partial charge >= 0.3 is 0 Å². The van der Waals surface area contributed by atoms with E-state index >= 15 is 0 Å². The summed E-state index contributed by atoms with van der Waals surface area (Å²) in [5, 5.41) is 0. The van der Waals surface area contributed by atoms with Gasteiger partial charge in [-0.25, -0.2) is 4.98 Å². The van der Waals surface area contributed by atoms with Crippen LogP contribution >= 0.6 is 0 Å². The molecule has 1 saturated heterocycles. The van der Waals surface area contributed by atoms with Crippen molar-refractivity contribution in [2.75, 3.05) is 18.0 Å². The lowest BCUT2D eigenvalue weighted by Gasteiger charge is -2.37. The number of hydrogen-bond acceptors (Lipinski definition) is 5. The Balaban J connectivity index is 1.77. The van der Waals surface area contributed by atoms with Gasteiger partial charge in [0.15, 0.2) is 5.82 Å². The highest BCUT2D eigenvalue weighted by atomic mass is 15.2. The number of anilines is 1. The van der Waals surface area contributed by atoms with Crippen molar-refractivity contribution in [3.8, 4) is 17.2 Å². The quantitative estimate of drug-likeness (QED) is 0.797. The Kier molecular flexibility index (Phi) is 4.19. The molecule has 6 nitrogen and oxygen atoms in total. The summed E-state index contributed by atoms with van der Waals surface area (Å²) in [7, 11) is 0. The second-order valence-corrected chi connectivity index (χ2v) is 6.71. The Morgan fingerprint density at radius 3 is 2.76 bits per heavy atom. The van der Waals surface area contributed by atoms with E-state index < -0.39 is 0 Å². The molecule has 3 aromatic heterocycles. The molecule has 4 heterocycles. The first-order valence-electron chi connectivity index (χ1n) is 8.62. The van der Waals surface area contributed by atoms with Crippen LogP contribution in [0.25, 0.3) is 17.2 Å². The zero-order valence-corrected chi connectivity index (χ0v) is 14.3. The SMILES string of the molecule is C[C@H]1C[C@@H](N)CN(c2ccncc2-n2ccnc2-c2ccccn2)C1. The minimum atomic E-state index is 0.197. The fourth-order valence-electron chi connectivity index (χ4n) is 3.61. The molecule has 0 spiro atoms. The zero-order chi connectivity index (χ0) is 17.2. The molecular weight excluding hydrogens is 312 g/mol. The predicted molar refractivity (Wildman–Crippen MR) is 98.6 cm³/mol. The first kappa shape index (κ1) is 15.8. The van der Waals surface area contributed by atoms with Crippen molar-refractivity contribution in [1.82, 2.24) is 19.5 Å². The molecule has 25 heavy (non-hydrogen) atoms. The van der Waals surface area contributed by atoms with E-state index in [2.05, 4.69) is 37.4 Å².